The Bertz CT molecular complexity index is 163. The molecule has 11 heavy (non-hydrogen) atoms. The summed E-state index contributed by atoms with van der Waals surface area (Å²) in [6.07, 6.45) is 0.177. The molecule has 0 saturated carbocycles. The third-order valence-electron chi connectivity index (χ3n) is 0.752. The lowest BCUT2D eigenvalue weighted by Crippen LogP contribution is -2.15. The Balaban J connectivity index is 3.41. The Morgan fingerprint density at radius 2 is 1.36 bits per heavy atom. The minimum Gasteiger partial charge on any atom is -0.365 e. The van der Waals surface area contributed by atoms with Crippen molar-refractivity contribution >= 4 is 24.1 Å². The van der Waals surface area contributed by atoms with Crippen molar-refractivity contribution < 1.29 is 23.9 Å². The second kappa shape index (κ2) is 5.43. The Labute approximate surface area is 62.3 Å². The van der Waals surface area contributed by atoms with Gasteiger partial charge in [-0.2, -0.15) is 0 Å². The highest BCUT2D eigenvalue weighted by Crippen LogP contribution is 1.75. The predicted octanol–water partition coefficient (Wildman–Crippen LogP) is -1.46. The van der Waals surface area contributed by atoms with Crippen LogP contribution in [0.25, 0.3) is 0 Å². The van der Waals surface area contributed by atoms with E-state index >= 15 is 0 Å². The third kappa shape index (κ3) is 5.10. The topological polar surface area (TPSA) is 77.5 Å². The van der Waals surface area contributed by atoms with E-state index in [9.17, 15) is 19.2 Å². The molecule has 0 heterocycles. The smallest absolute Gasteiger partial charge is 0.220 e. The van der Waals surface area contributed by atoms with Crippen LogP contribution in [0.4, 0.5) is 0 Å². The first-order chi connectivity index (χ1) is 5.20. The highest BCUT2D eigenvalue weighted by atomic mass is 16.5. The zero-order chi connectivity index (χ0) is 8.69. The van der Waals surface area contributed by atoms with Crippen LogP contribution in [-0.4, -0.2) is 37.4 Å². The van der Waals surface area contributed by atoms with Gasteiger partial charge in [0.05, 0.1) is 0 Å². The Hall–Kier alpha value is -1.36. The van der Waals surface area contributed by atoms with Gasteiger partial charge in [-0.1, -0.05) is 0 Å². The Morgan fingerprint density at radius 3 is 1.64 bits per heavy atom. The third-order valence-corrected chi connectivity index (χ3v) is 0.752. The fraction of sp³-hybridized carbons (Fsp3) is 0.333. The molecule has 0 bridgehead atoms. The lowest BCUT2D eigenvalue weighted by atomic mass is 10.4. The van der Waals surface area contributed by atoms with Gasteiger partial charge in [0.1, 0.15) is 13.2 Å². The fourth-order valence-electron chi connectivity index (χ4n) is 0.320. The van der Waals surface area contributed by atoms with Gasteiger partial charge in [-0.25, -0.2) is 0 Å². The standard InChI is InChI=1S/C6H6O5/c7-1-5(9)3-11-4-6(10)2-8/h1-2H,3-4H2. The first kappa shape index (κ1) is 9.64. The molecular weight excluding hydrogens is 152 g/mol. The summed E-state index contributed by atoms with van der Waals surface area (Å²) >= 11 is 0. The molecule has 0 saturated heterocycles. The second-order valence-corrected chi connectivity index (χ2v) is 1.66. The number of hydrogen-bond donors (Lipinski definition) is 0. The summed E-state index contributed by atoms with van der Waals surface area (Å²) in [5.74, 6) is -1.52. The van der Waals surface area contributed by atoms with Gasteiger partial charge in [0.15, 0.2) is 12.6 Å². The second-order valence-electron chi connectivity index (χ2n) is 1.66. The molecule has 0 aliphatic rings. The van der Waals surface area contributed by atoms with Crippen LogP contribution in [0.5, 0.6) is 0 Å². The van der Waals surface area contributed by atoms with Crippen molar-refractivity contribution in [3.05, 3.63) is 0 Å². The van der Waals surface area contributed by atoms with Crippen LogP contribution in [0.1, 0.15) is 0 Å². The van der Waals surface area contributed by atoms with Crippen LogP contribution < -0.4 is 0 Å². The van der Waals surface area contributed by atoms with Gasteiger partial charge in [-0.05, 0) is 0 Å². The van der Waals surface area contributed by atoms with E-state index in [1.54, 1.807) is 0 Å². The van der Waals surface area contributed by atoms with Crippen molar-refractivity contribution in [2.75, 3.05) is 13.2 Å². The number of ether oxygens (including phenoxy) is 1. The van der Waals surface area contributed by atoms with Gasteiger partial charge in [0.2, 0.25) is 11.6 Å². The molecule has 0 N–H and O–H groups in total. The fourth-order valence-corrected chi connectivity index (χ4v) is 0.320. The number of rotatable bonds is 6. The van der Waals surface area contributed by atoms with Crippen molar-refractivity contribution in [1.29, 1.82) is 0 Å². The number of carbonyl (C=O) groups is 4. The van der Waals surface area contributed by atoms with E-state index in [1.807, 2.05) is 0 Å². The Morgan fingerprint density at radius 1 is 1.00 bits per heavy atom. The molecule has 0 aromatic heterocycles. The van der Waals surface area contributed by atoms with Crippen LogP contribution >= 0.6 is 0 Å². The molecule has 0 fully saturated rings. The molecule has 5 heteroatoms. The molecule has 0 unspecified atom stereocenters. The summed E-state index contributed by atoms with van der Waals surface area (Å²) in [6.45, 7) is -0.911. The van der Waals surface area contributed by atoms with Crippen molar-refractivity contribution in [3.8, 4) is 0 Å². The maximum Gasteiger partial charge on any atom is 0.220 e. The van der Waals surface area contributed by atoms with Gasteiger partial charge in [0.25, 0.3) is 0 Å². The van der Waals surface area contributed by atoms with Gasteiger partial charge in [0, 0.05) is 0 Å². The van der Waals surface area contributed by atoms with Crippen molar-refractivity contribution in [2.24, 2.45) is 0 Å². The average Bonchev–Trinajstić information content (AvgIpc) is 2.04. The van der Waals surface area contributed by atoms with E-state index < -0.39 is 24.8 Å². The summed E-state index contributed by atoms with van der Waals surface area (Å²) in [5, 5.41) is 0. The first-order valence-electron chi connectivity index (χ1n) is 2.74. The van der Waals surface area contributed by atoms with E-state index in [-0.39, 0.29) is 12.6 Å². The Kier molecular flexibility index (Phi) is 4.76. The normalized spacial score (nSPS) is 8.73. The van der Waals surface area contributed by atoms with Gasteiger partial charge < -0.3 is 4.74 Å². The first-order valence-corrected chi connectivity index (χ1v) is 2.74. The van der Waals surface area contributed by atoms with E-state index in [0.717, 1.165) is 0 Å². The monoisotopic (exact) mass is 158 g/mol. The van der Waals surface area contributed by atoms with E-state index in [4.69, 9.17) is 0 Å². The summed E-state index contributed by atoms with van der Waals surface area (Å²) < 4.78 is 4.38. The van der Waals surface area contributed by atoms with Gasteiger partial charge >= 0.3 is 0 Å². The van der Waals surface area contributed by atoms with E-state index in [1.165, 1.54) is 0 Å². The number of aldehydes is 2. The molecule has 0 spiro atoms. The molecule has 0 aliphatic heterocycles. The molecular formula is C6H6O5. The van der Waals surface area contributed by atoms with Crippen LogP contribution in [0.15, 0.2) is 0 Å². The zero-order valence-electron chi connectivity index (χ0n) is 5.61. The zero-order valence-corrected chi connectivity index (χ0v) is 5.61. The summed E-state index contributed by atoms with van der Waals surface area (Å²) in [4.78, 5) is 39.7. The molecule has 0 rings (SSSR count). The number of Topliss-reactive ketones (excluding diaryl/α,β-unsaturated/α-hetero) is 2. The highest BCUT2D eigenvalue weighted by molar-refractivity contribution is 6.26. The molecule has 0 amide bonds. The lowest BCUT2D eigenvalue weighted by Gasteiger charge is -1.93. The average molecular weight is 158 g/mol. The van der Waals surface area contributed by atoms with Crippen LogP contribution in [0.3, 0.4) is 0 Å². The van der Waals surface area contributed by atoms with Gasteiger partial charge in [-0.15, -0.1) is 0 Å². The molecule has 0 atom stereocenters. The van der Waals surface area contributed by atoms with Crippen LogP contribution in [0.2, 0.25) is 0 Å². The number of hydrogen-bond acceptors (Lipinski definition) is 5. The van der Waals surface area contributed by atoms with Crippen molar-refractivity contribution in [3.63, 3.8) is 0 Å². The quantitative estimate of drug-likeness (QED) is 0.348. The van der Waals surface area contributed by atoms with E-state index in [2.05, 4.69) is 4.74 Å². The van der Waals surface area contributed by atoms with Crippen molar-refractivity contribution in [2.45, 2.75) is 0 Å². The molecule has 0 aliphatic carbocycles. The van der Waals surface area contributed by atoms with Crippen molar-refractivity contribution in [1.82, 2.24) is 0 Å². The SMILES string of the molecule is O=CC(=O)COCC(=O)C=O. The maximum absolute atomic E-state index is 10.2. The molecule has 5 nitrogen and oxygen atoms in total. The summed E-state index contributed by atoms with van der Waals surface area (Å²) in [5.41, 5.74) is 0. The minimum absolute atomic E-state index is 0.0887. The molecule has 60 valence electrons. The predicted molar refractivity (Wildman–Crippen MR) is 33.0 cm³/mol. The molecule has 0 radical (unpaired) electrons. The maximum atomic E-state index is 10.2. The summed E-state index contributed by atoms with van der Waals surface area (Å²) in [6, 6.07) is 0. The highest BCUT2D eigenvalue weighted by Gasteiger charge is 2.02. The minimum atomic E-state index is -0.760. The number of ketones is 2. The van der Waals surface area contributed by atoms with Gasteiger partial charge in [-0.3, -0.25) is 19.2 Å². The van der Waals surface area contributed by atoms with Crippen LogP contribution in [-0.2, 0) is 23.9 Å². The summed E-state index contributed by atoms with van der Waals surface area (Å²) in [7, 11) is 0. The molecule has 0 aromatic rings. The van der Waals surface area contributed by atoms with E-state index in [0.29, 0.717) is 0 Å². The molecule has 0 aromatic carbocycles. The van der Waals surface area contributed by atoms with Crippen LogP contribution in [0, 0.1) is 0 Å². The number of carbonyl (C=O) groups excluding carboxylic acids is 4. The largest absolute Gasteiger partial charge is 0.365 e. The lowest BCUT2D eigenvalue weighted by molar-refractivity contribution is -0.137.